The van der Waals surface area contributed by atoms with E-state index in [0.29, 0.717) is 23.7 Å². The molecule has 2 aliphatic rings. The van der Waals surface area contributed by atoms with Crippen LogP contribution in [0.25, 0.3) is 0 Å². The van der Waals surface area contributed by atoms with Gasteiger partial charge in [-0.05, 0) is 36.5 Å². The molecule has 1 heterocycles. The smallest absolute Gasteiger partial charge is 0.323 e. The Hall–Kier alpha value is -3.35. The van der Waals surface area contributed by atoms with Gasteiger partial charge in [0.05, 0.1) is 11.4 Å². The molecule has 1 fully saturated rings. The second kappa shape index (κ2) is 9.85. The average molecular weight is 435 g/mol. The van der Waals surface area contributed by atoms with Crippen LogP contribution in [-0.4, -0.2) is 36.5 Å². The Balaban J connectivity index is 1.52. The first-order chi connectivity index (χ1) is 15.5. The highest BCUT2D eigenvalue weighted by molar-refractivity contribution is 6.10. The molecule has 168 valence electrons. The zero-order valence-corrected chi connectivity index (χ0v) is 18.3. The second-order valence-corrected chi connectivity index (χ2v) is 8.72. The number of benzene rings is 2. The SMILES string of the molecule is C[C@@H]1CCCC[C@@H]1NC(=O)[C@H](Cc1ccccc1)NC(=O)N1CC(=O)Nc2ccccc21. The molecule has 1 aliphatic carbocycles. The maximum absolute atomic E-state index is 13.3. The van der Waals surface area contributed by atoms with Crippen molar-refractivity contribution in [3.05, 3.63) is 60.2 Å². The summed E-state index contributed by atoms with van der Waals surface area (Å²) in [6.45, 7) is 2.07. The normalized spacial score (nSPS) is 21.2. The number of urea groups is 1. The maximum Gasteiger partial charge on any atom is 0.323 e. The van der Waals surface area contributed by atoms with Crippen molar-refractivity contribution in [1.82, 2.24) is 10.6 Å². The summed E-state index contributed by atoms with van der Waals surface area (Å²) in [5.41, 5.74) is 2.16. The molecule has 7 heteroatoms. The van der Waals surface area contributed by atoms with E-state index in [1.807, 2.05) is 36.4 Å². The zero-order valence-electron chi connectivity index (χ0n) is 18.3. The summed E-state index contributed by atoms with van der Waals surface area (Å²) in [4.78, 5) is 40.0. The first kappa shape index (κ1) is 21.9. The van der Waals surface area contributed by atoms with Gasteiger partial charge >= 0.3 is 6.03 Å². The number of para-hydroxylation sites is 2. The fraction of sp³-hybridized carbons (Fsp3) is 0.400. The molecule has 3 N–H and O–H groups in total. The highest BCUT2D eigenvalue weighted by Crippen LogP contribution is 2.29. The van der Waals surface area contributed by atoms with Gasteiger partial charge in [-0.25, -0.2) is 4.79 Å². The van der Waals surface area contributed by atoms with Gasteiger partial charge in [0.2, 0.25) is 11.8 Å². The quantitative estimate of drug-likeness (QED) is 0.673. The Morgan fingerprint density at radius 1 is 1.06 bits per heavy atom. The largest absolute Gasteiger partial charge is 0.351 e. The summed E-state index contributed by atoms with van der Waals surface area (Å²) < 4.78 is 0. The lowest BCUT2D eigenvalue weighted by molar-refractivity contribution is -0.124. The molecule has 0 radical (unpaired) electrons. The number of nitrogens with zero attached hydrogens (tertiary/aromatic N) is 1. The molecule has 4 amide bonds. The van der Waals surface area contributed by atoms with E-state index in [2.05, 4.69) is 22.9 Å². The van der Waals surface area contributed by atoms with Crippen LogP contribution in [0.1, 0.15) is 38.2 Å². The Bertz CT molecular complexity index is 978. The van der Waals surface area contributed by atoms with Crippen molar-refractivity contribution in [2.75, 3.05) is 16.8 Å². The van der Waals surface area contributed by atoms with E-state index >= 15 is 0 Å². The molecule has 2 aromatic carbocycles. The summed E-state index contributed by atoms with van der Waals surface area (Å²) in [6.07, 6.45) is 4.72. The summed E-state index contributed by atoms with van der Waals surface area (Å²) >= 11 is 0. The molecule has 3 atom stereocenters. The molecule has 0 saturated heterocycles. The second-order valence-electron chi connectivity index (χ2n) is 8.72. The lowest BCUT2D eigenvalue weighted by Crippen LogP contribution is -2.56. The lowest BCUT2D eigenvalue weighted by Gasteiger charge is -2.33. The van der Waals surface area contributed by atoms with Gasteiger partial charge in [-0.3, -0.25) is 14.5 Å². The van der Waals surface area contributed by atoms with Gasteiger partial charge in [0.1, 0.15) is 12.6 Å². The van der Waals surface area contributed by atoms with E-state index in [9.17, 15) is 14.4 Å². The summed E-state index contributed by atoms with van der Waals surface area (Å²) in [6, 6.07) is 15.7. The molecule has 1 aliphatic heterocycles. The van der Waals surface area contributed by atoms with Gasteiger partial charge in [-0.2, -0.15) is 0 Å². The molecular formula is C25H30N4O3. The van der Waals surface area contributed by atoms with E-state index in [0.717, 1.165) is 24.8 Å². The van der Waals surface area contributed by atoms with Gasteiger partial charge in [-0.1, -0.05) is 62.2 Å². The van der Waals surface area contributed by atoms with Crippen LogP contribution in [0.4, 0.5) is 16.2 Å². The van der Waals surface area contributed by atoms with Crippen molar-refractivity contribution in [3.63, 3.8) is 0 Å². The Morgan fingerprint density at radius 2 is 1.78 bits per heavy atom. The predicted molar refractivity (Wildman–Crippen MR) is 124 cm³/mol. The molecule has 7 nitrogen and oxygen atoms in total. The number of nitrogens with one attached hydrogen (secondary N) is 3. The summed E-state index contributed by atoms with van der Waals surface area (Å²) in [5.74, 6) is -0.0342. The number of carbonyl (C=O) groups excluding carboxylic acids is 3. The first-order valence-electron chi connectivity index (χ1n) is 11.3. The van der Waals surface area contributed by atoms with Crippen molar-refractivity contribution < 1.29 is 14.4 Å². The Kier molecular flexibility index (Phi) is 6.73. The standard InChI is InChI=1S/C25H30N4O3/c1-17-9-5-6-12-19(17)27-24(31)21(15-18-10-3-2-4-11-18)28-25(32)29-16-23(30)26-20-13-7-8-14-22(20)29/h2-4,7-8,10-11,13-14,17,19,21H,5-6,9,12,15-16H2,1H3,(H,26,30)(H,27,31)(H,28,32)/t17-,19+,21+/m1/s1. The van der Waals surface area contributed by atoms with Crippen LogP contribution in [0.2, 0.25) is 0 Å². The molecule has 0 aromatic heterocycles. The molecule has 0 unspecified atom stereocenters. The number of amides is 4. The molecule has 4 rings (SSSR count). The summed E-state index contributed by atoms with van der Waals surface area (Å²) in [5, 5.41) is 8.85. The van der Waals surface area contributed by atoms with Gasteiger partial charge in [0, 0.05) is 12.5 Å². The average Bonchev–Trinajstić information content (AvgIpc) is 2.80. The molecule has 0 bridgehead atoms. The topological polar surface area (TPSA) is 90.5 Å². The minimum Gasteiger partial charge on any atom is -0.351 e. The van der Waals surface area contributed by atoms with Crippen LogP contribution < -0.4 is 20.9 Å². The fourth-order valence-electron chi connectivity index (χ4n) is 4.51. The van der Waals surface area contributed by atoms with Crippen molar-refractivity contribution in [3.8, 4) is 0 Å². The van der Waals surface area contributed by atoms with E-state index in [1.54, 1.807) is 18.2 Å². The highest BCUT2D eigenvalue weighted by atomic mass is 16.2. The minimum absolute atomic E-state index is 0.0951. The zero-order chi connectivity index (χ0) is 22.5. The maximum atomic E-state index is 13.3. The van der Waals surface area contributed by atoms with Crippen molar-refractivity contribution in [2.24, 2.45) is 5.92 Å². The van der Waals surface area contributed by atoms with Crippen LogP contribution in [0.5, 0.6) is 0 Å². The third kappa shape index (κ3) is 5.10. The number of rotatable bonds is 5. The van der Waals surface area contributed by atoms with Crippen molar-refractivity contribution in [1.29, 1.82) is 0 Å². The summed E-state index contributed by atoms with van der Waals surface area (Å²) in [7, 11) is 0. The Morgan fingerprint density at radius 3 is 2.56 bits per heavy atom. The Labute approximate surface area is 188 Å². The van der Waals surface area contributed by atoms with Crippen LogP contribution in [-0.2, 0) is 16.0 Å². The monoisotopic (exact) mass is 434 g/mol. The van der Waals surface area contributed by atoms with Gasteiger partial charge in [0.15, 0.2) is 0 Å². The molecule has 1 saturated carbocycles. The van der Waals surface area contributed by atoms with E-state index < -0.39 is 12.1 Å². The van der Waals surface area contributed by atoms with Crippen molar-refractivity contribution >= 4 is 29.2 Å². The lowest BCUT2D eigenvalue weighted by atomic mass is 9.85. The van der Waals surface area contributed by atoms with Gasteiger partial charge in [0.25, 0.3) is 0 Å². The van der Waals surface area contributed by atoms with Crippen LogP contribution >= 0.6 is 0 Å². The fourth-order valence-corrected chi connectivity index (χ4v) is 4.51. The van der Waals surface area contributed by atoms with E-state index in [1.165, 1.54) is 11.3 Å². The van der Waals surface area contributed by atoms with Crippen molar-refractivity contribution in [2.45, 2.75) is 51.1 Å². The molecule has 32 heavy (non-hydrogen) atoms. The van der Waals surface area contributed by atoms with Crippen LogP contribution in [0.15, 0.2) is 54.6 Å². The van der Waals surface area contributed by atoms with E-state index in [4.69, 9.17) is 0 Å². The van der Waals surface area contributed by atoms with Crippen LogP contribution in [0, 0.1) is 5.92 Å². The minimum atomic E-state index is -0.740. The molecular weight excluding hydrogens is 404 g/mol. The number of hydrogen-bond donors (Lipinski definition) is 3. The molecule has 2 aromatic rings. The highest BCUT2D eigenvalue weighted by Gasteiger charge is 2.31. The first-order valence-corrected chi connectivity index (χ1v) is 11.3. The third-order valence-electron chi connectivity index (χ3n) is 6.35. The number of carbonyl (C=O) groups is 3. The number of anilines is 2. The van der Waals surface area contributed by atoms with Crippen LogP contribution in [0.3, 0.4) is 0 Å². The predicted octanol–water partition coefficient (Wildman–Crippen LogP) is 3.46. The number of fused-ring (bicyclic) bond motifs is 1. The number of hydrogen-bond acceptors (Lipinski definition) is 3. The van der Waals surface area contributed by atoms with Gasteiger partial charge in [-0.15, -0.1) is 0 Å². The van der Waals surface area contributed by atoms with Gasteiger partial charge < -0.3 is 16.0 Å². The third-order valence-corrected chi connectivity index (χ3v) is 6.35. The molecule has 0 spiro atoms. The van der Waals surface area contributed by atoms with E-state index in [-0.39, 0.29) is 24.4 Å².